The molecule has 0 unspecified atom stereocenters. The zero-order chi connectivity index (χ0) is 14.9. The predicted octanol–water partition coefficient (Wildman–Crippen LogP) is 5.37. The van der Waals surface area contributed by atoms with E-state index < -0.39 is 0 Å². The van der Waals surface area contributed by atoms with Crippen LogP contribution in [0.3, 0.4) is 0 Å². The van der Waals surface area contributed by atoms with Crippen LogP contribution in [0, 0.1) is 6.92 Å². The first kappa shape index (κ1) is 15.6. The van der Waals surface area contributed by atoms with Crippen molar-refractivity contribution in [3.8, 4) is 0 Å². The molecule has 7 heteroatoms. The van der Waals surface area contributed by atoms with E-state index in [1.54, 1.807) is 6.07 Å². The number of carbonyl (C=O) groups excluding carboxylic acids is 1. The number of rotatable bonds is 2. The van der Waals surface area contributed by atoms with Crippen LogP contribution in [-0.4, -0.2) is 10.9 Å². The summed E-state index contributed by atoms with van der Waals surface area (Å²) in [5.41, 5.74) is 1.79. The van der Waals surface area contributed by atoms with E-state index in [-0.39, 0.29) is 16.2 Å². The smallest absolute Gasteiger partial charge is 0.255 e. The fourth-order valence-electron chi connectivity index (χ4n) is 1.53. The highest BCUT2D eigenvalue weighted by atomic mass is 79.9. The van der Waals surface area contributed by atoms with Crippen molar-refractivity contribution in [3.63, 3.8) is 0 Å². The van der Waals surface area contributed by atoms with Crippen molar-refractivity contribution in [3.05, 3.63) is 55.2 Å². The van der Waals surface area contributed by atoms with Gasteiger partial charge >= 0.3 is 0 Å². The van der Waals surface area contributed by atoms with E-state index in [4.69, 9.17) is 34.8 Å². The van der Waals surface area contributed by atoms with Crippen LogP contribution in [0.5, 0.6) is 0 Å². The standard InChI is InChI=1S/C13H8BrCl3N2O/c1-6-2-8(14)10(5-9(6)15)18-13(20)7-3-11(16)19-12(17)4-7/h2-5H,1H3,(H,18,20). The fourth-order valence-corrected chi connectivity index (χ4v) is 2.71. The van der Waals surface area contributed by atoms with Gasteiger partial charge in [-0.25, -0.2) is 4.98 Å². The Hall–Kier alpha value is -0.810. The van der Waals surface area contributed by atoms with Crippen molar-refractivity contribution in [2.75, 3.05) is 5.32 Å². The minimum Gasteiger partial charge on any atom is -0.321 e. The van der Waals surface area contributed by atoms with Gasteiger partial charge in [0.2, 0.25) is 0 Å². The molecule has 0 aliphatic rings. The van der Waals surface area contributed by atoms with Gasteiger partial charge in [0.1, 0.15) is 10.3 Å². The summed E-state index contributed by atoms with van der Waals surface area (Å²) in [6.45, 7) is 1.88. The summed E-state index contributed by atoms with van der Waals surface area (Å²) >= 11 is 21.0. The second kappa shape index (κ2) is 6.31. The van der Waals surface area contributed by atoms with Crippen molar-refractivity contribution in [1.82, 2.24) is 4.98 Å². The van der Waals surface area contributed by atoms with E-state index >= 15 is 0 Å². The van der Waals surface area contributed by atoms with E-state index in [2.05, 4.69) is 26.2 Å². The summed E-state index contributed by atoms with van der Waals surface area (Å²) in [5.74, 6) is -0.350. The van der Waals surface area contributed by atoms with Crippen LogP contribution in [-0.2, 0) is 0 Å². The summed E-state index contributed by atoms with van der Waals surface area (Å²) < 4.78 is 0.735. The monoisotopic (exact) mass is 392 g/mol. The Morgan fingerprint density at radius 1 is 1.15 bits per heavy atom. The third-order valence-corrected chi connectivity index (χ3v) is 3.97. The Bertz CT molecular complexity index is 671. The molecular formula is C13H8BrCl3N2O. The average Bonchev–Trinajstić information content (AvgIpc) is 2.34. The SMILES string of the molecule is Cc1cc(Br)c(NC(=O)c2cc(Cl)nc(Cl)c2)cc1Cl. The molecule has 0 radical (unpaired) electrons. The lowest BCUT2D eigenvalue weighted by Crippen LogP contribution is -2.12. The van der Waals surface area contributed by atoms with Crippen LogP contribution >= 0.6 is 50.7 Å². The molecule has 1 aromatic heterocycles. The number of amides is 1. The topological polar surface area (TPSA) is 42.0 Å². The normalized spacial score (nSPS) is 10.4. The first-order valence-electron chi connectivity index (χ1n) is 5.47. The Morgan fingerprint density at radius 3 is 2.35 bits per heavy atom. The van der Waals surface area contributed by atoms with Gasteiger partial charge in [-0.3, -0.25) is 4.79 Å². The molecule has 1 aromatic carbocycles. The summed E-state index contributed by atoms with van der Waals surface area (Å²) in [6.07, 6.45) is 0. The Kier molecular flexibility index (Phi) is 4.91. The lowest BCUT2D eigenvalue weighted by molar-refractivity contribution is 0.102. The lowest BCUT2D eigenvalue weighted by Gasteiger charge is -2.10. The highest BCUT2D eigenvalue weighted by molar-refractivity contribution is 9.10. The van der Waals surface area contributed by atoms with Gasteiger partial charge in [0.15, 0.2) is 0 Å². The number of nitrogens with one attached hydrogen (secondary N) is 1. The van der Waals surface area contributed by atoms with Crippen molar-refractivity contribution >= 4 is 62.3 Å². The number of pyridine rings is 1. The predicted molar refractivity (Wildman–Crippen MR) is 86.1 cm³/mol. The maximum atomic E-state index is 12.1. The highest BCUT2D eigenvalue weighted by Crippen LogP contribution is 2.29. The number of aryl methyl sites for hydroxylation is 1. The molecule has 0 spiro atoms. The molecule has 0 atom stereocenters. The molecule has 1 amide bonds. The van der Waals surface area contributed by atoms with E-state index in [1.165, 1.54) is 12.1 Å². The molecule has 0 fully saturated rings. The summed E-state index contributed by atoms with van der Waals surface area (Å²) in [5, 5.41) is 3.61. The van der Waals surface area contributed by atoms with Gasteiger partial charge in [-0.2, -0.15) is 0 Å². The van der Waals surface area contributed by atoms with Crippen LogP contribution in [0.2, 0.25) is 15.3 Å². The minimum absolute atomic E-state index is 0.156. The number of hydrogen-bond donors (Lipinski definition) is 1. The molecule has 2 rings (SSSR count). The number of halogens is 4. The number of nitrogens with zero attached hydrogens (tertiary/aromatic N) is 1. The molecule has 20 heavy (non-hydrogen) atoms. The summed E-state index contributed by atoms with van der Waals surface area (Å²) in [6, 6.07) is 6.37. The van der Waals surface area contributed by atoms with E-state index in [1.807, 2.05) is 13.0 Å². The third-order valence-electron chi connectivity index (χ3n) is 2.52. The molecule has 1 N–H and O–H groups in total. The van der Waals surface area contributed by atoms with Gasteiger partial charge < -0.3 is 5.32 Å². The Balaban J connectivity index is 2.30. The molecule has 3 nitrogen and oxygen atoms in total. The molecule has 0 saturated carbocycles. The van der Waals surface area contributed by atoms with E-state index in [9.17, 15) is 4.79 Å². The van der Waals surface area contributed by atoms with Crippen LogP contribution in [0.4, 0.5) is 5.69 Å². The van der Waals surface area contributed by atoms with Crippen molar-refractivity contribution < 1.29 is 4.79 Å². The Labute approximate surface area is 139 Å². The highest BCUT2D eigenvalue weighted by Gasteiger charge is 2.12. The molecule has 0 saturated heterocycles. The van der Waals surface area contributed by atoms with Crippen molar-refractivity contribution in [1.29, 1.82) is 0 Å². The molecule has 0 aliphatic heterocycles. The maximum absolute atomic E-state index is 12.1. The van der Waals surface area contributed by atoms with Gasteiger partial charge in [0, 0.05) is 15.1 Å². The minimum atomic E-state index is -0.350. The van der Waals surface area contributed by atoms with Crippen LogP contribution < -0.4 is 5.32 Å². The molecule has 2 aromatic rings. The zero-order valence-corrected chi connectivity index (χ0v) is 14.0. The molecule has 104 valence electrons. The maximum Gasteiger partial charge on any atom is 0.255 e. The number of benzene rings is 1. The summed E-state index contributed by atoms with van der Waals surface area (Å²) in [4.78, 5) is 15.9. The van der Waals surface area contributed by atoms with Gasteiger partial charge in [-0.05, 0) is 52.7 Å². The Morgan fingerprint density at radius 2 is 1.75 bits per heavy atom. The molecule has 0 bridgehead atoms. The number of hydrogen-bond acceptors (Lipinski definition) is 2. The number of aromatic nitrogens is 1. The second-order valence-electron chi connectivity index (χ2n) is 4.04. The number of anilines is 1. The fraction of sp³-hybridized carbons (Fsp3) is 0.0769. The van der Waals surface area contributed by atoms with Crippen LogP contribution in [0.1, 0.15) is 15.9 Å². The van der Waals surface area contributed by atoms with Gasteiger partial charge in [0.05, 0.1) is 5.69 Å². The van der Waals surface area contributed by atoms with E-state index in [0.717, 1.165) is 10.0 Å². The lowest BCUT2D eigenvalue weighted by atomic mass is 10.2. The van der Waals surface area contributed by atoms with Crippen LogP contribution in [0.15, 0.2) is 28.7 Å². The number of carbonyl (C=O) groups is 1. The average molecular weight is 394 g/mol. The molecular weight excluding hydrogens is 386 g/mol. The van der Waals surface area contributed by atoms with Gasteiger partial charge in [0.25, 0.3) is 5.91 Å². The second-order valence-corrected chi connectivity index (χ2v) is 6.07. The van der Waals surface area contributed by atoms with Gasteiger partial charge in [-0.1, -0.05) is 34.8 Å². The van der Waals surface area contributed by atoms with E-state index in [0.29, 0.717) is 16.3 Å². The molecule has 1 heterocycles. The largest absolute Gasteiger partial charge is 0.321 e. The van der Waals surface area contributed by atoms with Gasteiger partial charge in [-0.15, -0.1) is 0 Å². The summed E-state index contributed by atoms with van der Waals surface area (Å²) in [7, 11) is 0. The zero-order valence-electron chi connectivity index (χ0n) is 10.2. The quantitative estimate of drug-likeness (QED) is 0.696. The molecule has 0 aliphatic carbocycles. The van der Waals surface area contributed by atoms with Crippen molar-refractivity contribution in [2.45, 2.75) is 6.92 Å². The first-order chi connectivity index (χ1) is 9.36. The third kappa shape index (κ3) is 3.64. The van der Waals surface area contributed by atoms with Crippen molar-refractivity contribution in [2.24, 2.45) is 0 Å². The van der Waals surface area contributed by atoms with Crippen LogP contribution in [0.25, 0.3) is 0 Å². The first-order valence-corrected chi connectivity index (χ1v) is 7.39.